The Bertz CT molecular complexity index is 476. The lowest BCUT2D eigenvalue weighted by Crippen LogP contribution is -1.91. The highest BCUT2D eigenvalue weighted by Gasteiger charge is 1.99. The molecule has 0 aliphatic heterocycles. The first-order valence-electron chi connectivity index (χ1n) is 3.99. The molecule has 1 aromatic heterocycles. The van der Waals surface area contributed by atoms with Gasteiger partial charge in [-0.05, 0) is 23.6 Å². The lowest BCUT2D eigenvalue weighted by atomic mass is 10.2. The van der Waals surface area contributed by atoms with Gasteiger partial charge in [0.25, 0.3) is 0 Å². The van der Waals surface area contributed by atoms with Crippen LogP contribution in [0.5, 0.6) is 0 Å². The minimum Gasteiger partial charge on any atom is -0.336 e. The van der Waals surface area contributed by atoms with E-state index in [1.165, 1.54) is 5.39 Å². The van der Waals surface area contributed by atoms with Crippen molar-refractivity contribution in [2.45, 2.75) is 6.54 Å². The van der Waals surface area contributed by atoms with Crippen molar-refractivity contribution in [2.24, 2.45) is 0 Å². The van der Waals surface area contributed by atoms with Crippen LogP contribution >= 0.6 is 11.6 Å². The van der Waals surface area contributed by atoms with Crippen molar-refractivity contribution < 1.29 is 0 Å². The Labute approximate surface area is 81.9 Å². The number of benzene rings is 1. The number of rotatable bonds is 1. The van der Waals surface area contributed by atoms with Gasteiger partial charge in [0, 0.05) is 11.2 Å². The minimum absolute atomic E-state index is 0.587. The molecule has 1 aromatic carbocycles. The molecule has 64 valence electrons. The second-order valence-corrected chi connectivity index (χ2v) is 3.29. The number of aromatic nitrogens is 1. The summed E-state index contributed by atoms with van der Waals surface area (Å²) >= 11 is 5.88. The van der Waals surface area contributed by atoms with E-state index in [0.717, 1.165) is 10.5 Å². The topological polar surface area (TPSA) is 4.93 Å². The van der Waals surface area contributed by atoms with Crippen LogP contribution < -0.4 is 0 Å². The van der Waals surface area contributed by atoms with Gasteiger partial charge in [0.1, 0.15) is 0 Å². The van der Waals surface area contributed by atoms with Crippen LogP contribution in [0.3, 0.4) is 0 Å². The molecule has 1 nitrogen and oxygen atoms in total. The molecular weight excluding hydrogens is 182 g/mol. The number of fused-ring (bicyclic) bond motifs is 1. The van der Waals surface area contributed by atoms with Crippen LogP contribution in [0.1, 0.15) is 0 Å². The molecule has 0 fully saturated rings. The summed E-state index contributed by atoms with van der Waals surface area (Å²) in [4.78, 5) is 0. The molecule has 2 aromatic rings. The maximum atomic E-state index is 5.88. The van der Waals surface area contributed by atoms with Gasteiger partial charge in [-0.2, -0.15) is 0 Å². The van der Waals surface area contributed by atoms with Crippen LogP contribution in [0.2, 0.25) is 5.02 Å². The SMILES string of the molecule is C#CCn1ccc2ccc(Cl)cc21. The van der Waals surface area contributed by atoms with Gasteiger partial charge < -0.3 is 4.57 Å². The first-order valence-corrected chi connectivity index (χ1v) is 4.37. The number of nitrogens with zero attached hydrogens (tertiary/aromatic N) is 1. The zero-order valence-electron chi connectivity index (χ0n) is 7.00. The Balaban J connectivity index is 2.66. The number of hydrogen-bond acceptors (Lipinski definition) is 0. The monoisotopic (exact) mass is 189 g/mol. The molecule has 0 aliphatic carbocycles. The Kier molecular flexibility index (Phi) is 2.00. The second kappa shape index (κ2) is 3.16. The van der Waals surface area contributed by atoms with Gasteiger partial charge in [-0.3, -0.25) is 0 Å². The lowest BCUT2D eigenvalue weighted by Gasteiger charge is -1.99. The molecule has 0 spiro atoms. The summed E-state index contributed by atoms with van der Waals surface area (Å²) in [5.41, 5.74) is 1.09. The van der Waals surface area contributed by atoms with Gasteiger partial charge >= 0.3 is 0 Å². The van der Waals surface area contributed by atoms with Crippen LogP contribution in [0.15, 0.2) is 30.5 Å². The maximum absolute atomic E-state index is 5.88. The van der Waals surface area contributed by atoms with E-state index in [9.17, 15) is 0 Å². The largest absolute Gasteiger partial charge is 0.336 e. The van der Waals surface area contributed by atoms with E-state index < -0.39 is 0 Å². The zero-order chi connectivity index (χ0) is 9.26. The smallest absolute Gasteiger partial charge is 0.0834 e. The van der Waals surface area contributed by atoms with Crippen molar-refractivity contribution in [3.63, 3.8) is 0 Å². The molecule has 2 heteroatoms. The predicted molar refractivity (Wildman–Crippen MR) is 55.8 cm³/mol. The van der Waals surface area contributed by atoms with E-state index in [-0.39, 0.29) is 0 Å². The fourth-order valence-electron chi connectivity index (χ4n) is 1.39. The minimum atomic E-state index is 0.587. The van der Waals surface area contributed by atoms with E-state index in [2.05, 4.69) is 5.92 Å². The molecule has 0 unspecified atom stereocenters. The average molecular weight is 190 g/mol. The third-order valence-electron chi connectivity index (χ3n) is 2.00. The van der Waals surface area contributed by atoms with Gasteiger partial charge in [-0.1, -0.05) is 23.6 Å². The molecule has 0 bridgehead atoms. The van der Waals surface area contributed by atoms with Gasteiger partial charge in [0.05, 0.1) is 12.1 Å². The maximum Gasteiger partial charge on any atom is 0.0834 e. The van der Waals surface area contributed by atoms with Crippen LogP contribution in [0, 0.1) is 12.3 Å². The van der Waals surface area contributed by atoms with Crippen molar-refractivity contribution in [1.82, 2.24) is 4.57 Å². The highest BCUT2D eigenvalue weighted by atomic mass is 35.5. The fraction of sp³-hybridized carbons (Fsp3) is 0.0909. The van der Waals surface area contributed by atoms with E-state index >= 15 is 0 Å². The second-order valence-electron chi connectivity index (χ2n) is 2.85. The van der Waals surface area contributed by atoms with E-state index in [0.29, 0.717) is 6.54 Å². The zero-order valence-corrected chi connectivity index (χ0v) is 7.75. The normalized spacial score (nSPS) is 10.2. The summed E-state index contributed by atoms with van der Waals surface area (Å²) in [5, 5.41) is 1.91. The van der Waals surface area contributed by atoms with E-state index in [1.807, 2.05) is 35.0 Å². The van der Waals surface area contributed by atoms with Crippen molar-refractivity contribution in [3.8, 4) is 12.3 Å². The van der Waals surface area contributed by atoms with Crippen LogP contribution in [0.25, 0.3) is 10.9 Å². The molecule has 1 heterocycles. The van der Waals surface area contributed by atoms with E-state index in [1.54, 1.807) is 0 Å². The molecular formula is C11H8ClN. The van der Waals surface area contributed by atoms with Crippen LogP contribution in [-0.2, 0) is 6.54 Å². The quantitative estimate of drug-likeness (QED) is 0.608. The Morgan fingerprint density at radius 3 is 3.00 bits per heavy atom. The average Bonchev–Trinajstić information content (AvgIpc) is 2.49. The van der Waals surface area contributed by atoms with Gasteiger partial charge in [0.15, 0.2) is 0 Å². The summed E-state index contributed by atoms with van der Waals surface area (Å²) in [6.45, 7) is 0.587. The third kappa shape index (κ3) is 1.41. The lowest BCUT2D eigenvalue weighted by molar-refractivity contribution is 0.886. The number of halogens is 1. The van der Waals surface area contributed by atoms with Gasteiger partial charge in [0.2, 0.25) is 0 Å². The Morgan fingerprint density at radius 1 is 1.38 bits per heavy atom. The van der Waals surface area contributed by atoms with Crippen molar-refractivity contribution in [3.05, 3.63) is 35.5 Å². The summed E-state index contributed by atoms with van der Waals surface area (Å²) in [6.07, 6.45) is 7.22. The molecule has 0 saturated carbocycles. The summed E-state index contributed by atoms with van der Waals surface area (Å²) < 4.78 is 2.00. The Morgan fingerprint density at radius 2 is 2.23 bits per heavy atom. The molecule has 0 aliphatic rings. The van der Waals surface area contributed by atoms with Crippen LogP contribution in [-0.4, -0.2) is 4.57 Å². The molecule has 0 atom stereocenters. The van der Waals surface area contributed by atoms with Crippen LogP contribution in [0.4, 0.5) is 0 Å². The highest BCUT2D eigenvalue weighted by Crippen LogP contribution is 2.20. The summed E-state index contributed by atoms with van der Waals surface area (Å²) in [5.74, 6) is 2.60. The fourth-order valence-corrected chi connectivity index (χ4v) is 1.56. The molecule has 0 N–H and O–H groups in total. The molecule has 0 saturated heterocycles. The molecule has 13 heavy (non-hydrogen) atoms. The number of terminal acetylenes is 1. The van der Waals surface area contributed by atoms with Crippen molar-refractivity contribution in [2.75, 3.05) is 0 Å². The van der Waals surface area contributed by atoms with Crippen molar-refractivity contribution in [1.29, 1.82) is 0 Å². The highest BCUT2D eigenvalue weighted by molar-refractivity contribution is 6.31. The standard InChI is InChI=1S/C11H8ClN/c1-2-6-13-7-5-9-3-4-10(12)8-11(9)13/h1,3-5,7-8H,6H2. The summed E-state index contributed by atoms with van der Waals surface area (Å²) in [6, 6.07) is 7.83. The first-order chi connectivity index (χ1) is 6.31. The molecule has 0 amide bonds. The number of hydrogen-bond donors (Lipinski definition) is 0. The Hall–Kier alpha value is -1.39. The van der Waals surface area contributed by atoms with E-state index in [4.69, 9.17) is 18.0 Å². The third-order valence-corrected chi connectivity index (χ3v) is 2.23. The van der Waals surface area contributed by atoms with Gasteiger partial charge in [-0.25, -0.2) is 0 Å². The summed E-state index contributed by atoms with van der Waals surface area (Å²) in [7, 11) is 0. The predicted octanol–water partition coefficient (Wildman–Crippen LogP) is 2.93. The van der Waals surface area contributed by atoms with Crippen molar-refractivity contribution >= 4 is 22.5 Å². The van der Waals surface area contributed by atoms with Gasteiger partial charge in [-0.15, -0.1) is 6.42 Å². The first kappa shape index (κ1) is 8.22. The molecule has 2 rings (SSSR count). The molecule has 0 radical (unpaired) electrons.